The van der Waals surface area contributed by atoms with Crippen LogP contribution in [0.5, 0.6) is 0 Å². The number of aromatic nitrogens is 1. The van der Waals surface area contributed by atoms with Gasteiger partial charge in [0.05, 0.1) is 0 Å². The third-order valence-corrected chi connectivity index (χ3v) is 9.25. The van der Waals surface area contributed by atoms with E-state index in [0.29, 0.717) is 31.7 Å². The van der Waals surface area contributed by atoms with E-state index in [-0.39, 0.29) is 41.2 Å². The van der Waals surface area contributed by atoms with E-state index in [0.717, 1.165) is 0 Å². The number of carbonyl (C=O) groups excluding carboxylic acids is 2. The van der Waals surface area contributed by atoms with Crippen LogP contribution in [0.1, 0.15) is 94.5 Å². The van der Waals surface area contributed by atoms with Crippen LogP contribution in [0.4, 0.5) is 0 Å². The lowest BCUT2D eigenvalue weighted by atomic mass is 9.97. The first-order chi connectivity index (χ1) is 23.3. The molecule has 4 unspecified atom stereocenters. The summed E-state index contributed by atoms with van der Waals surface area (Å²) < 4.78 is 0. The van der Waals surface area contributed by atoms with Crippen LogP contribution >= 0.6 is 0 Å². The van der Waals surface area contributed by atoms with Gasteiger partial charge in [-0.1, -0.05) is 149 Å². The molecule has 0 saturated heterocycles. The minimum atomic E-state index is -0.169. The number of rotatable bonds is 14. The first kappa shape index (κ1) is 34.3. The molecule has 0 bridgehead atoms. The van der Waals surface area contributed by atoms with Crippen LogP contribution in [0.3, 0.4) is 0 Å². The molecule has 4 aromatic carbocycles. The molecular formula is C43H47N3O2. The first-order valence-electron chi connectivity index (χ1n) is 17.0. The van der Waals surface area contributed by atoms with Crippen molar-refractivity contribution in [3.8, 4) is 0 Å². The summed E-state index contributed by atoms with van der Waals surface area (Å²) in [5.41, 5.74) is 5.48. The molecule has 1 aromatic heterocycles. The third-order valence-electron chi connectivity index (χ3n) is 9.25. The predicted octanol–water partition coefficient (Wildman–Crippen LogP) is 9.18. The molecule has 0 aliphatic rings. The van der Waals surface area contributed by atoms with Gasteiger partial charge in [-0.15, -0.1) is 0 Å². The summed E-state index contributed by atoms with van der Waals surface area (Å²) in [6.45, 7) is 10.8. The molecule has 0 aliphatic carbocycles. The van der Waals surface area contributed by atoms with Crippen molar-refractivity contribution in [2.75, 3.05) is 26.2 Å². The fraction of sp³-hybridized carbons (Fsp3) is 0.279. The molecule has 5 aromatic rings. The van der Waals surface area contributed by atoms with Crippen molar-refractivity contribution >= 4 is 11.8 Å². The molecule has 246 valence electrons. The molecule has 5 heteroatoms. The minimum Gasteiger partial charge on any atom is -0.337 e. The number of nitrogens with zero attached hydrogens (tertiary/aromatic N) is 3. The SMILES string of the molecule is CC(CN(CC(C)c1ccccc1)C(=O)c1ccnc(C(=O)N(CC(C)c2ccccc2)CC(C)c2ccccc2)c1)c1ccccc1. The normalized spacial score (nSPS) is 13.6. The van der Waals surface area contributed by atoms with Crippen molar-refractivity contribution in [2.24, 2.45) is 0 Å². The standard InChI is InChI=1S/C43H47N3O2/c1-32(36-17-9-5-10-18-36)28-45(29-33(2)37-19-11-6-12-20-37)42(47)40-25-26-44-41(27-40)43(48)46(30-34(3)38-21-13-7-14-22-38)31-35(4)39-23-15-8-16-24-39/h5-27,32-35H,28-31H2,1-4H3. The molecule has 5 rings (SSSR count). The molecule has 0 N–H and O–H groups in total. The maximum absolute atomic E-state index is 14.3. The molecule has 0 aliphatic heterocycles. The maximum Gasteiger partial charge on any atom is 0.272 e. The average molecular weight is 638 g/mol. The Kier molecular flexibility index (Phi) is 11.9. The molecule has 1 heterocycles. The lowest BCUT2D eigenvalue weighted by Gasteiger charge is -2.30. The zero-order valence-corrected chi connectivity index (χ0v) is 28.6. The van der Waals surface area contributed by atoms with Crippen molar-refractivity contribution < 1.29 is 9.59 Å². The fourth-order valence-electron chi connectivity index (χ4n) is 6.38. The van der Waals surface area contributed by atoms with Crippen molar-refractivity contribution in [1.29, 1.82) is 0 Å². The van der Waals surface area contributed by atoms with E-state index in [2.05, 4.69) is 81.2 Å². The van der Waals surface area contributed by atoms with Crippen LogP contribution in [-0.4, -0.2) is 52.8 Å². The predicted molar refractivity (Wildman–Crippen MR) is 195 cm³/mol. The van der Waals surface area contributed by atoms with E-state index in [1.165, 1.54) is 22.3 Å². The van der Waals surface area contributed by atoms with Crippen molar-refractivity contribution in [2.45, 2.75) is 51.4 Å². The summed E-state index contributed by atoms with van der Waals surface area (Å²) in [6.07, 6.45) is 1.60. The van der Waals surface area contributed by atoms with Gasteiger partial charge in [-0.3, -0.25) is 14.6 Å². The molecule has 0 spiro atoms. The minimum absolute atomic E-state index is 0.0983. The Hall–Kier alpha value is -5.03. The van der Waals surface area contributed by atoms with Gasteiger partial charge in [0.25, 0.3) is 11.8 Å². The van der Waals surface area contributed by atoms with E-state index in [9.17, 15) is 9.59 Å². The number of pyridine rings is 1. The number of hydrogen-bond donors (Lipinski definition) is 0. The van der Waals surface area contributed by atoms with Gasteiger partial charge in [0.2, 0.25) is 0 Å². The second kappa shape index (κ2) is 16.7. The highest BCUT2D eigenvalue weighted by molar-refractivity contribution is 5.98. The lowest BCUT2D eigenvalue weighted by Crippen LogP contribution is -2.38. The monoisotopic (exact) mass is 637 g/mol. The van der Waals surface area contributed by atoms with Crippen LogP contribution < -0.4 is 0 Å². The van der Waals surface area contributed by atoms with Gasteiger partial charge in [0.1, 0.15) is 5.69 Å². The highest BCUT2D eigenvalue weighted by Crippen LogP contribution is 2.25. The summed E-state index contributed by atoms with van der Waals surface area (Å²) in [5.74, 6) is 0.247. The number of carbonyl (C=O) groups is 2. The molecule has 48 heavy (non-hydrogen) atoms. The Bertz CT molecular complexity index is 1510. The molecular weight excluding hydrogens is 590 g/mol. The van der Waals surface area contributed by atoms with Crippen molar-refractivity contribution in [1.82, 2.24) is 14.8 Å². The van der Waals surface area contributed by atoms with E-state index in [1.54, 1.807) is 18.3 Å². The second-order valence-electron chi connectivity index (χ2n) is 13.1. The third kappa shape index (κ3) is 9.07. The topological polar surface area (TPSA) is 53.5 Å². The maximum atomic E-state index is 14.3. The van der Waals surface area contributed by atoms with E-state index >= 15 is 0 Å². The van der Waals surface area contributed by atoms with Crippen LogP contribution in [0.2, 0.25) is 0 Å². The van der Waals surface area contributed by atoms with Gasteiger partial charge >= 0.3 is 0 Å². The summed E-state index contributed by atoms with van der Waals surface area (Å²) in [7, 11) is 0. The second-order valence-corrected chi connectivity index (χ2v) is 13.1. The van der Waals surface area contributed by atoms with Gasteiger partial charge in [-0.05, 0) is 58.1 Å². The number of amides is 2. The number of hydrogen-bond acceptors (Lipinski definition) is 3. The van der Waals surface area contributed by atoms with Crippen molar-refractivity contribution in [3.05, 3.63) is 173 Å². The molecule has 5 nitrogen and oxygen atoms in total. The Morgan fingerprint density at radius 1 is 0.479 bits per heavy atom. The van der Waals surface area contributed by atoms with Crippen LogP contribution in [0, 0.1) is 0 Å². The van der Waals surface area contributed by atoms with Gasteiger partial charge in [0.15, 0.2) is 0 Å². The molecule has 0 saturated carbocycles. The van der Waals surface area contributed by atoms with Crippen molar-refractivity contribution in [3.63, 3.8) is 0 Å². The summed E-state index contributed by atoms with van der Waals surface area (Å²) in [5, 5.41) is 0. The summed E-state index contributed by atoms with van der Waals surface area (Å²) in [4.78, 5) is 37.0. The quantitative estimate of drug-likeness (QED) is 0.122. The lowest BCUT2D eigenvalue weighted by molar-refractivity contribution is 0.0731. The van der Waals surface area contributed by atoms with Gasteiger partial charge in [-0.25, -0.2) is 0 Å². The molecule has 0 radical (unpaired) electrons. The van der Waals surface area contributed by atoms with E-state index in [1.807, 2.05) is 82.6 Å². The van der Waals surface area contributed by atoms with Crippen LogP contribution in [0.15, 0.2) is 140 Å². The average Bonchev–Trinajstić information content (AvgIpc) is 3.15. The van der Waals surface area contributed by atoms with E-state index in [4.69, 9.17) is 0 Å². The molecule has 2 amide bonds. The van der Waals surface area contributed by atoms with Gasteiger partial charge < -0.3 is 9.80 Å². The first-order valence-corrected chi connectivity index (χ1v) is 17.0. The Morgan fingerprint density at radius 3 is 1.12 bits per heavy atom. The van der Waals surface area contributed by atoms with Gasteiger partial charge in [-0.2, -0.15) is 0 Å². The van der Waals surface area contributed by atoms with Crippen LogP contribution in [0.25, 0.3) is 0 Å². The Morgan fingerprint density at radius 2 is 0.792 bits per heavy atom. The van der Waals surface area contributed by atoms with Gasteiger partial charge in [0, 0.05) is 37.9 Å². The summed E-state index contributed by atoms with van der Waals surface area (Å²) in [6, 6.07) is 44.6. The largest absolute Gasteiger partial charge is 0.337 e. The zero-order valence-electron chi connectivity index (χ0n) is 28.6. The zero-order chi connectivity index (χ0) is 33.9. The molecule has 0 fully saturated rings. The Balaban J connectivity index is 1.41. The summed E-state index contributed by atoms with van der Waals surface area (Å²) >= 11 is 0. The highest BCUT2D eigenvalue weighted by atomic mass is 16.2. The van der Waals surface area contributed by atoms with Crippen LogP contribution in [-0.2, 0) is 0 Å². The molecule has 4 atom stereocenters. The smallest absolute Gasteiger partial charge is 0.272 e. The number of benzene rings is 4. The van der Waals surface area contributed by atoms with E-state index < -0.39 is 0 Å². The highest BCUT2D eigenvalue weighted by Gasteiger charge is 2.26. The Labute approximate surface area is 286 Å². The fourth-order valence-corrected chi connectivity index (χ4v) is 6.38.